The van der Waals surface area contributed by atoms with Crippen molar-refractivity contribution in [1.29, 1.82) is 0 Å². The number of carbonyl (C=O) groups excluding carboxylic acids is 1. The second-order valence-corrected chi connectivity index (χ2v) is 6.60. The molecule has 1 heterocycles. The van der Waals surface area contributed by atoms with Gasteiger partial charge in [0.25, 0.3) is 5.91 Å². The van der Waals surface area contributed by atoms with Crippen LogP contribution in [0.15, 0.2) is 67.0 Å². The van der Waals surface area contributed by atoms with Crippen molar-refractivity contribution in [3.8, 4) is 0 Å². The molecule has 0 fully saturated rings. The Hall–Kier alpha value is -3.21. The van der Waals surface area contributed by atoms with E-state index in [1.807, 2.05) is 24.3 Å². The molecule has 5 heteroatoms. The third kappa shape index (κ3) is 4.70. The molecule has 0 saturated heterocycles. The summed E-state index contributed by atoms with van der Waals surface area (Å²) in [6.07, 6.45) is 3.13. The van der Waals surface area contributed by atoms with Crippen molar-refractivity contribution >= 4 is 17.3 Å². The molecule has 1 amide bonds. The molecule has 1 aromatic heterocycles. The Labute approximate surface area is 158 Å². The summed E-state index contributed by atoms with van der Waals surface area (Å²) in [4.78, 5) is 16.8. The summed E-state index contributed by atoms with van der Waals surface area (Å²) in [6.45, 7) is 4.48. The molecular weight excluding hydrogens is 341 g/mol. The van der Waals surface area contributed by atoms with Crippen LogP contribution in [0, 0.1) is 5.82 Å². The van der Waals surface area contributed by atoms with Gasteiger partial charge in [0.05, 0.1) is 11.3 Å². The summed E-state index contributed by atoms with van der Waals surface area (Å²) in [5, 5.41) is 6.06. The van der Waals surface area contributed by atoms with Crippen LogP contribution in [0.5, 0.6) is 0 Å². The number of aromatic nitrogens is 1. The van der Waals surface area contributed by atoms with Crippen LogP contribution in [0.2, 0.25) is 0 Å². The third-order valence-electron chi connectivity index (χ3n) is 4.27. The predicted molar refractivity (Wildman–Crippen MR) is 106 cm³/mol. The first-order valence-electron chi connectivity index (χ1n) is 8.87. The first kappa shape index (κ1) is 18.6. The number of hydrogen-bond donors (Lipinski definition) is 2. The minimum Gasteiger partial charge on any atom is -0.380 e. The van der Waals surface area contributed by atoms with E-state index in [2.05, 4.69) is 29.5 Å². The lowest BCUT2D eigenvalue weighted by molar-refractivity contribution is 0.102. The molecule has 138 valence electrons. The summed E-state index contributed by atoms with van der Waals surface area (Å²) >= 11 is 0. The molecule has 3 rings (SSSR count). The zero-order chi connectivity index (χ0) is 19.2. The summed E-state index contributed by atoms with van der Waals surface area (Å²) in [5.74, 6) is -0.198. The van der Waals surface area contributed by atoms with Gasteiger partial charge in [-0.25, -0.2) is 4.39 Å². The van der Waals surface area contributed by atoms with Crippen molar-refractivity contribution in [2.45, 2.75) is 26.3 Å². The predicted octanol–water partition coefficient (Wildman–Crippen LogP) is 5.21. The Morgan fingerprint density at radius 1 is 1.07 bits per heavy atom. The molecular formula is C22H22FN3O. The fraction of sp³-hybridized carbons (Fsp3) is 0.182. The van der Waals surface area contributed by atoms with Gasteiger partial charge in [-0.15, -0.1) is 0 Å². The highest BCUT2D eigenvalue weighted by atomic mass is 19.1. The summed E-state index contributed by atoms with van der Waals surface area (Å²) in [7, 11) is 0. The molecule has 0 aliphatic rings. The van der Waals surface area contributed by atoms with Crippen molar-refractivity contribution < 1.29 is 9.18 Å². The van der Waals surface area contributed by atoms with Crippen molar-refractivity contribution in [2.24, 2.45) is 0 Å². The number of amides is 1. The maximum absolute atomic E-state index is 13.7. The summed E-state index contributed by atoms with van der Waals surface area (Å²) in [6, 6.07) is 16.0. The quantitative estimate of drug-likeness (QED) is 0.632. The number of rotatable bonds is 6. The number of nitrogens with one attached hydrogen (secondary N) is 2. The molecule has 0 aliphatic carbocycles. The van der Waals surface area contributed by atoms with Crippen LogP contribution in [-0.2, 0) is 6.54 Å². The molecule has 0 saturated carbocycles. The number of pyridine rings is 1. The second-order valence-electron chi connectivity index (χ2n) is 6.60. The number of benzene rings is 2. The maximum Gasteiger partial charge on any atom is 0.257 e. The molecule has 3 aromatic rings. The molecule has 0 spiro atoms. The number of para-hydroxylation sites is 1. The molecule has 2 N–H and O–H groups in total. The second kappa shape index (κ2) is 8.45. The lowest BCUT2D eigenvalue weighted by Gasteiger charge is -2.14. The molecule has 27 heavy (non-hydrogen) atoms. The molecule has 0 bridgehead atoms. The number of anilines is 2. The van der Waals surface area contributed by atoms with Gasteiger partial charge >= 0.3 is 0 Å². The van der Waals surface area contributed by atoms with E-state index in [0.717, 1.165) is 11.3 Å². The highest BCUT2D eigenvalue weighted by Gasteiger charge is 2.12. The average molecular weight is 363 g/mol. The lowest BCUT2D eigenvalue weighted by atomic mass is 10.0. The Bertz CT molecular complexity index is 940. The van der Waals surface area contributed by atoms with Crippen LogP contribution in [0.1, 0.15) is 41.3 Å². The first-order valence-corrected chi connectivity index (χ1v) is 8.87. The topological polar surface area (TPSA) is 54.0 Å². The fourth-order valence-corrected chi connectivity index (χ4v) is 2.81. The van der Waals surface area contributed by atoms with Gasteiger partial charge in [-0.2, -0.15) is 0 Å². The van der Waals surface area contributed by atoms with Crippen molar-refractivity contribution in [3.05, 3.63) is 89.5 Å². The van der Waals surface area contributed by atoms with Gasteiger partial charge in [0.15, 0.2) is 0 Å². The van der Waals surface area contributed by atoms with Gasteiger partial charge in [0.1, 0.15) is 5.82 Å². The minimum atomic E-state index is -0.267. The largest absolute Gasteiger partial charge is 0.380 e. The van der Waals surface area contributed by atoms with Crippen LogP contribution < -0.4 is 10.6 Å². The van der Waals surface area contributed by atoms with Crippen molar-refractivity contribution in [3.63, 3.8) is 0 Å². The summed E-state index contributed by atoms with van der Waals surface area (Å²) in [5.41, 5.74) is 3.52. The van der Waals surface area contributed by atoms with E-state index >= 15 is 0 Å². The smallest absolute Gasteiger partial charge is 0.257 e. The van der Waals surface area contributed by atoms with Crippen LogP contribution in [0.4, 0.5) is 15.8 Å². The number of nitrogens with zero attached hydrogens (tertiary/aromatic N) is 1. The van der Waals surface area contributed by atoms with E-state index in [1.54, 1.807) is 30.5 Å². The Morgan fingerprint density at radius 3 is 2.59 bits per heavy atom. The zero-order valence-corrected chi connectivity index (χ0v) is 15.4. The Balaban J connectivity index is 1.72. The van der Waals surface area contributed by atoms with Crippen molar-refractivity contribution in [1.82, 2.24) is 4.98 Å². The monoisotopic (exact) mass is 363 g/mol. The Kier molecular flexibility index (Phi) is 5.81. The van der Waals surface area contributed by atoms with Crippen LogP contribution in [0.25, 0.3) is 0 Å². The SMILES string of the molecule is CC(C)c1ccccc1NC(=O)c1cncc(NCc2ccccc2F)c1. The van der Waals surface area contributed by atoms with E-state index in [0.29, 0.717) is 29.3 Å². The maximum atomic E-state index is 13.7. The molecule has 0 atom stereocenters. The van der Waals surface area contributed by atoms with E-state index in [1.165, 1.54) is 12.3 Å². The van der Waals surface area contributed by atoms with Crippen molar-refractivity contribution in [2.75, 3.05) is 10.6 Å². The van der Waals surface area contributed by atoms with Gasteiger partial charge in [-0.05, 0) is 29.7 Å². The highest BCUT2D eigenvalue weighted by Crippen LogP contribution is 2.24. The first-order chi connectivity index (χ1) is 13.0. The normalized spacial score (nSPS) is 10.7. The number of hydrogen-bond acceptors (Lipinski definition) is 3. The Morgan fingerprint density at radius 2 is 1.81 bits per heavy atom. The van der Waals surface area contributed by atoms with Gasteiger partial charge in [-0.3, -0.25) is 9.78 Å². The molecule has 0 unspecified atom stereocenters. The molecule has 2 aromatic carbocycles. The number of carbonyl (C=O) groups is 1. The average Bonchev–Trinajstić information content (AvgIpc) is 2.68. The fourth-order valence-electron chi connectivity index (χ4n) is 2.81. The molecule has 0 radical (unpaired) electrons. The van der Waals surface area contributed by atoms with E-state index in [9.17, 15) is 9.18 Å². The van der Waals surface area contributed by atoms with Gasteiger partial charge in [0.2, 0.25) is 0 Å². The van der Waals surface area contributed by atoms with Crippen LogP contribution in [0.3, 0.4) is 0 Å². The lowest BCUT2D eigenvalue weighted by Crippen LogP contribution is -2.14. The van der Waals surface area contributed by atoms with E-state index in [-0.39, 0.29) is 11.7 Å². The molecule has 0 aliphatic heterocycles. The zero-order valence-electron chi connectivity index (χ0n) is 15.4. The standard InChI is InChI=1S/C22H22FN3O/c1-15(2)19-8-4-6-10-21(19)26-22(27)17-11-18(14-24-12-17)25-13-16-7-3-5-9-20(16)23/h3-12,14-15,25H,13H2,1-2H3,(H,26,27). The van der Waals surface area contributed by atoms with E-state index in [4.69, 9.17) is 0 Å². The van der Waals surface area contributed by atoms with Gasteiger partial charge in [0, 0.05) is 30.2 Å². The molecule has 4 nitrogen and oxygen atoms in total. The van der Waals surface area contributed by atoms with E-state index < -0.39 is 0 Å². The van der Waals surface area contributed by atoms with Gasteiger partial charge in [-0.1, -0.05) is 50.2 Å². The van der Waals surface area contributed by atoms with Crippen LogP contribution >= 0.6 is 0 Å². The van der Waals surface area contributed by atoms with Crippen LogP contribution in [-0.4, -0.2) is 10.9 Å². The number of halogens is 1. The highest BCUT2D eigenvalue weighted by molar-refractivity contribution is 6.05. The minimum absolute atomic E-state index is 0.231. The summed E-state index contributed by atoms with van der Waals surface area (Å²) < 4.78 is 13.7. The van der Waals surface area contributed by atoms with Gasteiger partial charge < -0.3 is 10.6 Å². The third-order valence-corrected chi connectivity index (χ3v) is 4.27.